The predicted molar refractivity (Wildman–Crippen MR) is 82.4 cm³/mol. The van der Waals surface area contributed by atoms with Gasteiger partial charge in [-0.15, -0.1) is 0 Å². The van der Waals surface area contributed by atoms with Gasteiger partial charge in [0.1, 0.15) is 0 Å². The van der Waals surface area contributed by atoms with E-state index in [1.54, 1.807) is 0 Å². The van der Waals surface area contributed by atoms with Crippen LogP contribution in [0.1, 0.15) is 51.1 Å². The van der Waals surface area contributed by atoms with Gasteiger partial charge >= 0.3 is 0 Å². The average molecular weight is 260 g/mol. The normalized spacial score (nSPS) is 18.1. The molecule has 2 heteroatoms. The van der Waals surface area contributed by atoms with Crippen molar-refractivity contribution in [2.24, 2.45) is 0 Å². The Morgan fingerprint density at radius 2 is 1.84 bits per heavy atom. The maximum atomic E-state index is 3.54. The Balaban J connectivity index is 2.14. The van der Waals surface area contributed by atoms with E-state index in [-0.39, 0.29) is 0 Å². The number of benzene rings is 1. The molecule has 1 aromatic carbocycles. The number of hydrogen-bond acceptors (Lipinski definition) is 2. The standard InChI is InChI=1S/C17H28N2/c1-3-18-14-17(15-10-6-5-7-11-15)19(4-2)16-12-8-9-13-16/h5-7,10-11,16-18H,3-4,8-9,12-14H2,1-2H3. The van der Waals surface area contributed by atoms with E-state index in [4.69, 9.17) is 0 Å². The molecule has 0 saturated heterocycles. The monoisotopic (exact) mass is 260 g/mol. The van der Waals surface area contributed by atoms with Crippen LogP contribution in [0.2, 0.25) is 0 Å². The van der Waals surface area contributed by atoms with Crippen LogP contribution in [0.4, 0.5) is 0 Å². The highest BCUT2D eigenvalue weighted by molar-refractivity contribution is 5.20. The van der Waals surface area contributed by atoms with Crippen molar-refractivity contribution in [2.75, 3.05) is 19.6 Å². The second-order valence-corrected chi connectivity index (χ2v) is 5.50. The van der Waals surface area contributed by atoms with Crippen LogP contribution in [0.5, 0.6) is 0 Å². The van der Waals surface area contributed by atoms with Crippen LogP contribution >= 0.6 is 0 Å². The summed E-state index contributed by atoms with van der Waals surface area (Å²) in [4.78, 5) is 2.71. The first-order chi connectivity index (χ1) is 9.36. The highest BCUT2D eigenvalue weighted by Crippen LogP contribution is 2.30. The number of likely N-dealkylation sites (N-methyl/N-ethyl adjacent to an activating group) is 2. The summed E-state index contributed by atoms with van der Waals surface area (Å²) in [7, 11) is 0. The summed E-state index contributed by atoms with van der Waals surface area (Å²) in [6, 6.07) is 12.3. The minimum absolute atomic E-state index is 0.522. The zero-order valence-corrected chi connectivity index (χ0v) is 12.4. The average Bonchev–Trinajstić information content (AvgIpc) is 2.98. The van der Waals surface area contributed by atoms with Crippen LogP contribution in [0, 0.1) is 0 Å². The lowest BCUT2D eigenvalue weighted by Gasteiger charge is -2.36. The Morgan fingerprint density at radius 3 is 2.42 bits per heavy atom. The van der Waals surface area contributed by atoms with Crippen LogP contribution in [-0.4, -0.2) is 30.6 Å². The molecule has 0 heterocycles. The van der Waals surface area contributed by atoms with E-state index < -0.39 is 0 Å². The fourth-order valence-corrected chi connectivity index (χ4v) is 3.35. The zero-order valence-electron chi connectivity index (χ0n) is 12.4. The number of nitrogens with zero attached hydrogens (tertiary/aromatic N) is 1. The predicted octanol–water partition coefficient (Wildman–Crippen LogP) is 3.60. The van der Waals surface area contributed by atoms with Crippen LogP contribution in [0.3, 0.4) is 0 Å². The van der Waals surface area contributed by atoms with Gasteiger partial charge < -0.3 is 5.32 Å². The van der Waals surface area contributed by atoms with Crippen LogP contribution < -0.4 is 5.32 Å². The van der Waals surface area contributed by atoms with E-state index in [0.717, 1.165) is 25.7 Å². The topological polar surface area (TPSA) is 15.3 Å². The minimum Gasteiger partial charge on any atom is -0.315 e. The third kappa shape index (κ3) is 3.80. The van der Waals surface area contributed by atoms with E-state index in [1.165, 1.54) is 31.2 Å². The molecule has 2 rings (SSSR count). The Labute approximate surface area is 118 Å². The maximum Gasteiger partial charge on any atom is 0.0475 e. The van der Waals surface area contributed by atoms with Crippen molar-refractivity contribution >= 4 is 0 Å². The second-order valence-electron chi connectivity index (χ2n) is 5.50. The summed E-state index contributed by atoms with van der Waals surface area (Å²) < 4.78 is 0. The molecule has 1 unspecified atom stereocenters. The summed E-state index contributed by atoms with van der Waals surface area (Å²) in [5.41, 5.74) is 1.46. The van der Waals surface area contributed by atoms with Gasteiger partial charge in [0.25, 0.3) is 0 Å². The van der Waals surface area contributed by atoms with Crippen molar-refractivity contribution in [2.45, 2.75) is 51.6 Å². The molecule has 0 aromatic heterocycles. The largest absolute Gasteiger partial charge is 0.315 e. The van der Waals surface area contributed by atoms with Crippen molar-refractivity contribution in [3.63, 3.8) is 0 Å². The van der Waals surface area contributed by atoms with E-state index in [1.807, 2.05) is 0 Å². The van der Waals surface area contributed by atoms with Gasteiger partial charge in [0.05, 0.1) is 0 Å². The number of nitrogens with one attached hydrogen (secondary N) is 1. The molecule has 1 fully saturated rings. The van der Waals surface area contributed by atoms with Gasteiger partial charge in [-0.3, -0.25) is 4.90 Å². The minimum atomic E-state index is 0.522. The Hall–Kier alpha value is -0.860. The summed E-state index contributed by atoms with van der Waals surface area (Å²) in [5, 5.41) is 3.54. The number of hydrogen-bond donors (Lipinski definition) is 1. The van der Waals surface area contributed by atoms with Gasteiger partial charge in [-0.2, -0.15) is 0 Å². The highest BCUT2D eigenvalue weighted by atomic mass is 15.2. The quantitative estimate of drug-likeness (QED) is 0.806. The second kappa shape index (κ2) is 7.66. The molecule has 2 nitrogen and oxygen atoms in total. The van der Waals surface area contributed by atoms with Gasteiger partial charge in [0, 0.05) is 18.6 Å². The lowest BCUT2D eigenvalue weighted by molar-refractivity contribution is 0.141. The van der Waals surface area contributed by atoms with E-state index in [2.05, 4.69) is 54.4 Å². The molecule has 1 aromatic rings. The molecular formula is C17H28N2. The van der Waals surface area contributed by atoms with Crippen molar-refractivity contribution in [1.29, 1.82) is 0 Å². The third-order valence-corrected chi connectivity index (χ3v) is 4.33. The van der Waals surface area contributed by atoms with Crippen molar-refractivity contribution in [3.05, 3.63) is 35.9 Å². The Kier molecular flexibility index (Phi) is 5.87. The van der Waals surface area contributed by atoms with Crippen LogP contribution in [0.15, 0.2) is 30.3 Å². The fraction of sp³-hybridized carbons (Fsp3) is 0.647. The van der Waals surface area contributed by atoms with Gasteiger partial charge in [0.15, 0.2) is 0 Å². The summed E-state index contributed by atoms with van der Waals surface area (Å²) >= 11 is 0. The summed E-state index contributed by atoms with van der Waals surface area (Å²) in [6.07, 6.45) is 5.57. The Morgan fingerprint density at radius 1 is 1.16 bits per heavy atom. The van der Waals surface area contributed by atoms with Crippen LogP contribution in [0.25, 0.3) is 0 Å². The molecule has 19 heavy (non-hydrogen) atoms. The number of rotatable bonds is 7. The molecule has 0 bridgehead atoms. The molecule has 0 aliphatic heterocycles. The van der Waals surface area contributed by atoms with Gasteiger partial charge in [-0.05, 0) is 31.5 Å². The molecule has 0 amide bonds. The summed E-state index contributed by atoms with van der Waals surface area (Å²) in [6.45, 7) is 7.75. The van der Waals surface area contributed by atoms with E-state index in [0.29, 0.717) is 6.04 Å². The Bertz CT molecular complexity index is 344. The third-order valence-electron chi connectivity index (χ3n) is 4.33. The van der Waals surface area contributed by atoms with Crippen molar-refractivity contribution in [1.82, 2.24) is 10.2 Å². The zero-order chi connectivity index (χ0) is 13.5. The molecule has 0 spiro atoms. The van der Waals surface area contributed by atoms with Gasteiger partial charge in [0.2, 0.25) is 0 Å². The van der Waals surface area contributed by atoms with E-state index >= 15 is 0 Å². The van der Waals surface area contributed by atoms with Crippen molar-refractivity contribution < 1.29 is 0 Å². The molecule has 1 N–H and O–H groups in total. The molecular weight excluding hydrogens is 232 g/mol. The van der Waals surface area contributed by atoms with Crippen molar-refractivity contribution in [3.8, 4) is 0 Å². The summed E-state index contributed by atoms with van der Waals surface area (Å²) in [5.74, 6) is 0. The highest BCUT2D eigenvalue weighted by Gasteiger charge is 2.28. The molecule has 1 aliphatic carbocycles. The first-order valence-corrected chi connectivity index (χ1v) is 7.88. The smallest absolute Gasteiger partial charge is 0.0475 e. The maximum absolute atomic E-state index is 3.54. The first-order valence-electron chi connectivity index (χ1n) is 7.88. The lowest BCUT2D eigenvalue weighted by Crippen LogP contribution is -2.41. The molecule has 0 radical (unpaired) electrons. The molecule has 106 valence electrons. The lowest BCUT2D eigenvalue weighted by atomic mass is 10.0. The fourth-order valence-electron chi connectivity index (χ4n) is 3.35. The van der Waals surface area contributed by atoms with Gasteiger partial charge in [-0.25, -0.2) is 0 Å². The van der Waals surface area contributed by atoms with Crippen LogP contribution in [-0.2, 0) is 0 Å². The molecule has 1 saturated carbocycles. The molecule has 1 atom stereocenters. The van der Waals surface area contributed by atoms with E-state index in [9.17, 15) is 0 Å². The first kappa shape index (κ1) is 14.5. The molecule has 1 aliphatic rings. The SMILES string of the molecule is CCNCC(c1ccccc1)N(CC)C1CCCC1. The van der Waals surface area contributed by atoms with Gasteiger partial charge in [-0.1, -0.05) is 57.0 Å².